The van der Waals surface area contributed by atoms with E-state index in [1.807, 2.05) is 12.1 Å². The van der Waals surface area contributed by atoms with Crippen LogP contribution in [0.2, 0.25) is 0 Å². The summed E-state index contributed by atoms with van der Waals surface area (Å²) in [7, 11) is 1.70. The molecule has 3 nitrogen and oxygen atoms in total. The first-order valence-electron chi connectivity index (χ1n) is 9.53. The molecule has 0 saturated carbocycles. The van der Waals surface area contributed by atoms with Crippen molar-refractivity contribution in [3.63, 3.8) is 0 Å². The van der Waals surface area contributed by atoms with Crippen LogP contribution in [-0.4, -0.2) is 24.6 Å². The third kappa shape index (κ3) is 3.61. The number of hydrogen-bond donors (Lipinski definition) is 1. The first-order chi connectivity index (χ1) is 13.3. The summed E-state index contributed by atoms with van der Waals surface area (Å²) in [5.74, 6) is 0.858. The smallest absolute Gasteiger partial charge is 0.119 e. The Kier molecular flexibility index (Phi) is 5.23. The third-order valence-electron chi connectivity index (χ3n) is 5.56. The van der Waals surface area contributed by atoms with Gasteiger partial charge >= 0.3 is 0 Å². The fourth-order valence-corrected chi connectivity index (χ4v) is 4.05. The largest absolute Gasteiger partial charge is 0.497 e. The van der Waals surface area contributed by atoms with Crippen molar-refractivity contribution in [1.82, 2.24) is 4.90 Å². The lowest BCUT2D eigenvalue weighted by atomic mass is 9.85. The fraction of sp³-hybridized carbons (Fsp3) is 0.250. The molecule has 2 atom stereocenters. The molecular formula is C24H26N2O. The van der Waals surface area contributed by atoms with Gasteiger partial charge in [0.05, 0.1) is 13.2 Å². The van der Waals surface area contributed by atoms with Crippen LogP contribution in [-0.2, 0) is 0 Å². The summed E-state index contributed by atoms with van der Waals surface area (Å²) in [5, 5.41) is 0. The van der Waals surface area contributed by atoms with Crippen molar-refractivity contribution in [2.75, 3.05) is 13.7 Å². The molecule has 3 aromatic carbocycles. The molecule has 0 amide bonds. The quantitative estimate of drug-likeness (QED) is 0.702. The Hall–Kier alpha value is -2.62. The average Bonchev–Trinajstić information content (AvgIpc) is 2.72. The van der Waals surface area contributed by atoms with Gasteiger partial charge in [-0.1, -0.05) is 72.8 Å². The predicted molar refractivity (Wildman–Crippen MR) is 110 cm³/mol. The maximum Gasteiger partial charge on any atom is 0.119 e. The summed E-state index contributed by atoms with van der Waals surface area (Å²) in [4.78, 5) is 2.54. The second kappa shape index (κ2) is 7.95. The van der Waals surface area contributed by atoms with E-state index in [1.165, 1.54) is 11.1 Å². The van der Waals surface area contributed by atoms with Gasteiger partial charge in [-0.2, -0.15) is 0 Å². The number of benzene rings is 3. The molecule has 0 aromatic heterocycles. The first kappa shape index (κ1) is 17.8. The Labute approximate surface area is 161 Å². The van der Waals surface area contributed by atoms with Crippen LogP contribution in [0.1, 0.15) is 35.2 Å². The molecule has 1 saturated heterocycles. The van der Waals surface area contributed by atoms with E-state index in [0.717, 1.165) is 24.3 Å². The minimum atomic E-state index is -0.0382. The number of ether oxygens (including phenoxy) is 1. The fourth-order valence-electron chi connectivity index (χ4n) is 4.05. The van der Waals surface area contributed by atoms with Crippen LogP contribution in [0, 0.1) is 0 Å². The average molecular weight is 358 g/mol. The van der Waals surface area contributed by atoms with E-state index in [9.17, 15) is 0 Å². The standard InChI is InChI=1S/C24H26N2O/c1-27-21-14-8-13-20(17-21)23(25)22-15-16-26(22)24(18-9-4-2-5-10-18)19-11-6-3-7-12-19/h2-14,17,22-24H,15-16,25H2,1H3/t22-,23-/m0/s1. The summed E-state index contributed by atoms with van der Waals surface area (Å²) < 4.78 is 5.38. The van der Waals surface area contributed by atoms with E-state index in [-0.39, 0.29) is 12.1 Å². The van der Waals surface area contributed by atoms with E-state index in [0.29, 0.717) is 6.04 Å². The highest BCUT2D eigenvalue weighted by molar-refractivity contribution is 5.35. The minimum Gasteiger partial charge on any atom is -0.497 e. The van der Waals surface area contributed by atoms with Crippen LogP contribution >= 0.6 is 0 Å². The van der Waals surface area contributed by atoms with Crippen LogP contribution in [0.15, 0.2) is 84.9 Å². The summed E-state index contributed by atoms with van der Waals surface area (Å²) in [6.07, 6.45) is 1.11. The molecule has 1 aliphatic rings. The summed E-state index contributed by atoms with van der Waals surface area (Å²) >= 11 is 0. The number of nitrogens with zero attached hydrogens (tertiary/aromatic N) is 1. The van der Waals surface area contributed by atoms with Crippen molar-refractivity contribution < 1.29 is 4.74 Å². The van der Waals surface area contributed by atoms with E-state index >= 15 is 0 Å². The van der Waals surface area contributed by atoms with Crippen LogP contribution in [0.5, 0.6) is 5.75 Å². The first-order valence-corrected chi connectivity index (χ1v) is 9.53. The van der Waals surface area contributed by atoms with Gasteiger partial charge in [0, 0.05) is 18.6 Å². The Balaban J connectivity index is 1.65. The topological polar surface area (TPSA) is 38.5 Å². The molecule has 4 rings (SSSR count). The molecule has 0 spiro atoms. The minimum absolute atomic E-state index is 0.0382. The lowest BCUT2D eigenvalue weighted by molar-refractivity contribution is 0.0392. The second-order valence-electron chi connectivity index (χ2n) is 7.12. The van der Waals surface area contributed by atoms with Crippen molar-refractivity contribution >= 4 is 0 Å². The monoisotopic (exact) mass is 358 g/mol. The predicted octanol–water partition coefficient (Wildman–Crippen LogP) is 4.56. The number of nitrogens with two attached hydrogens (primary N) is 1. The summed E-state index contributed by atoms with van der Waals surface area (Å²) in [5.41, 5.74) is 10.5. The highest BCUT2D eigenvalue weighted by atomic mass is 16.5. The molecule has 0 bridgehead atoms. The van der Waals surface area contributed by atoms with Gasteiger partial charge in [0.15, 0.2) is 0 Å². The SMILES string of the molecule is COc1cccc([C@H](N)[C@@H]2CCN2C(c2ccccc2)c2ccccc2)c1. The molecule has 3 aromatic rings. The van der Waals surface area contributed by atoms with Crippen LogP contribution in [0.4, 0.5) is 0 Å². The molecule has 27 heavy (non-hydrogen) atoms. The second-order valence-corrected chi connectivity index (χ2v) is 7.12. The van der Waals surface area contributed by atoms with E-state index in [2.05, 4.69) is 77.7 Å². The molecule has 138 valence electrons. The van der Waals surface area contributed by atoms with Gasteiger partial charge in [0.2, 0.25) is 0 Å². The molecule has 0 aliphatic carbocycles. The number of methoxy groups -OCH3 is 1. The van der Waals surface area contributed by atoms with Gasteiger partial charge in [0.25, 0.3) is 0 Å². The third-order valence-corrected chi connectivity index (χ3v) is 5.56. The number of rotatable bonds is 6. The maximum absolute atomic E-state index is 6.71. The lowest BCUT2D eigenvalue weighted by Gasteiger charge is -2.49. The molecule has 0 unspecified atom stereocenters. The van der Waals surface area contributed by atoms with Gasteiger partial charge in [-0.25, -0.2) is 0 Å². The van der Waals surface area contributed by atoms with Crippen molar-refractivity contribution in [2.45, 2.75) is 24.5 Å². The van der Waals surface area contributed by atoms with Crippen molar-refractivity contribution in [2.24, 2.45) is 5.73 Å². The van der Waals surface area contributed by atoms with Gasteiger partial charge < -0.3 is 10.5 Å². The Morgan fingerprint density at radius 1 is 0.852 bits per heavy atom. The highest BCUT2D eigenvalue weighted by Gasteiger charge is 2.39. The van der Waals surface area contributed by atoms with E-state index in [1.54, 1.807) is 7.11 Å². The zero-order chi connectivity index (χ0) is 18.6. The molecule has 2 N–H and O–H groups in total. The van der Waals surface area contributed by atoms with Gasteiger partial charge in [-0.15, -0.1) is 0 Å². The molecular weight excluding hydrogens is 332 g/mol. The highest BCUT2D eigenvalue weighted by Crippen LogP contribution is 2.39. The lowest BCUT2D eigenvalue weighted by Crippen LogP contribution is -2.54. The van der Waals surface area contributed by atoms with Crippen LogP contribution < -0.4 is 10.5 Å². The number of hydrogen-bond acceptors (Lipinski definition) is 3. The van der Waals surface area contributed by atoms with Gasteiger partial charge in [0.1, 0.15) is 5.75 Å². The van der Waals surface area contributed by atoms with E-state index < -0.39 is 0 Å². The van der Waals surface area contributed by atoms with Crippen molar-refractivity contribution in [3.05, 3.63) is 102 Å². The van der Waals surface area contributed by atoms with Gasteiger partial charge in [-0.3, -0.25) is 4.90 Å². The Morgan fingerprint density at radius 2 is 1.44 bits per heavy atom. The molecule has 1 heterocycles. The molecule has 1 fully saturated rings. The summed E-state index contributed by atoms with van der Waals surface area (Å²) in [6.45, 7) is 1.05. The molecule has 0 radical (unpaired) electrons. The van der Waals surface area contributed by atoms with Crippen molar-refractivity contribution in [1.29, 1.82) is 0 Å². The molecule has 3 heteroatoms. The van der Waals surface area contributed by atoms with Crippen LogP contribution in [0.3, 0.4) is 0 Å². The Bertz CT molecular complexity index is 826. The Morgan fingerprint density at radius 3 is 1.96 bits per heavy atom. The van der Waals surface area contributed by atoms with Gasteiger partial charge in [-0.05, 0) is 35.2 Å². The summed E-state index contributed by atoms with van der Waals surface area (Å²) in [6, 6.07) is 30.1. The number of likely N-dealkylation sites (tertiary alicyclic amines) is 1. The normalized spacial score (nSPS) is 18.1. The van der Waals surface area contributed by atoms with Crippen molar-refractivity contribution in [3.8, 4) is 5.75 Å². The zero-order valence-corrected chi connectivity index (χ0v) is 15.7. The van der Waals surface area contributed by atoms with E-state index in [4.69, 9.17) is 10.5 Å². The zero-order valence-electron chi connectivity index (χ0n) is 15.7. The maximum atomic E-state index is 6.71. The van der Waals surface area contributed by atoms with Crippen LogP contribution in [0.25, 0.3) is 0 Å². The molecule has 1 aliphatic heterocycles.